The maximum Gasteiger partial charge on any atom is 0.471 e. The van der Waals surface area contributed by atoms with Crippen LogP contribution in [0.3, 0.4) is 0 Å². The fraction of sp³-hybridized carbons (Fsp3) is 0.150. The highest BCUT2D eigenvalue weighted by molar-refractivity contribution is 5.91. The van der Waals surface area contributed by atoms with Crippen LogP contribution in [0.2, 0.25) is 0 Å². The van der Waals surface area contributed by atoms with Crippen molar-refractivity contribution in [2.45, 2.75) is 6.18 Å². The number of amides is 1. The van der Waals surface area contributed by atoms with Gasteiger partial charge in [0.05, 0.1) is 6.54 Å². The summed E-state index contributed by atoms with van der Waals surface area (Å²) in [6, 6.07) is 12.5. The number of carbonyl (C=O) groups is 1. The Hall–Kier alpha value is -3.82. The molecule has 10 heteroatoms. The number of nitrogens with one attached hydrogen (secondary N) is 1. The van der Waals surface area contributed by atoms with Gasteiger partial charge in [0.1, 0.15) is 18.1 Å². The Labute approximate surface area is 168 Å². The van der Waals surface area contributed by atoms with Gasteiger partial charge in [0.2, 0.25) is 11.7 Å². The molecule has 0 spiro atoms. The number of ether oxygens (including phenoxy) is 1. The smallest absolute Gasteiger partial charge is 0.471 e. The first-order chi connectivity index (χ1) is 14.3. The van der Waals surface area contributed by atoms with Crippen LogP contribution in [0.5, 0.6) is 11.5 Å². The molecule has 2 N–H and O–H groups in total. The van der Waals surface area contributed by atoms with Crippen LogP contribution in [-0.2, 0) is 11.0 Å². The van der Waals surface area contributed by atoms with Crippen molar-refractivity contribution in [1.82, 2.24) is 15.5 Å². The van der Waals surface area contributed by atoms with Crippen molar-refractivity contribution in [2.75, 3.05) is 13.2 Å². The molecule has 0 aliphatic carbocycles. The molecule has 1 aromatic heterocycles. The summed E-state index contributed by atoms with van der Waals surface area (Å²) >= 11 is 0. The van der Waals surface area contributed by atoms with Crippen LogP contribution in [0.15, 0.2) is 59.1 Å². The number of benzene rings is 2. The molecule has 1 heterocycles. The molecule has 0 aliphatic heterocycles. The van der Waals surface area contributed by atoms with E-state index >= 15 is 0 Å². The molecule has 0 bridgehead atoms. The second-order valence-corrected chi connectivity index (χ2v) is 6.01. The van der Waals surface area contributed by atoms with E-state index in [1.165, 1.54) is 30.3 Å². The predicted molar refractivity (Wildman–Crippen MR) is 100 cm³/mol. The number of carbonyl (C=O) groups excluding carboxylic acids is 1. The predicted octanol–water partition coefficient (Wildman–Crippen LogP) is 3.67. The molecule has 1 amide bonds. The van der Waals surface area contributed by atoms with Gasteiger partial charge in [-0.25, -0.2) is 0 Å². The fourth-order valence-corrected chi connectivity index (χ4v) is 2.36. The van der Waals surface area contributed by atoms with E-state index in [0.29, 0.717) is 16.9 Å². The summed E-state index contributed by atoms with van der Waals surface area (Å²) in [5.41, 5.74) is 1.03. The van der Waals surface area contributed by atoms with Gasteiger partial charge in [0.15, 0.2) is 0 Å². The lowest BCUT2D eigenvalue weighted by molar-refractivity contribution is -0.159. The van der Waals surface area contributed by atoms with Crippen LogP contribution in [-0.4, -0.2) is 34.3 Å². The molecule has 3 aromatic rings. The van der Waals surface area contributed by atoms with E-state index in [4.69, 9.17) is 4.74 Å². The minimum absolute atomic E-state index is 0.108. The van der Waals surface area contributed by atoms with E-state index in [1.807, 2.05) is 0 Å². The number of halogens is 3. The van der Waals surface area contributed by atoms with Crippen molar-refractivity contribution in [1.29, 1.82) is 0 Å². The summed E-state index contributed by atoms with van der Waals surface area (Å²) in [6.45, 7) is 0.427. The van der Waals surface area contributed by atoms with Crippen LogP contribution in [0.1, 0.15) is 11.5 Å². The van der Waals surface area contributed by atoms with Crippen LogP contribution >= 0.6 is 0 Å². The fourth-order valence-electron chi connectivity index (χ4n) is 2.36. The summed E-state index contributed by atoms with van der Waals surface area (Å²) in [6.07, 6.45) is -1.79. The molecule has 7 nitrogen and oxygen atoms in total. The number of phenols is 1. The van der Waals surface area contributed by atoms with Gasteiger partial charge in [-0.05, 0) is 48.0 Å². The lowest BCUT2D eigenvalue weighted by Crippen LogP contribution is -2.26. The Balaban J connectivity index is 1.44. The molecule has 156 valence electrons. The van der Waals surface area contributed by atoms with Gasteiger partial charge in [-0.2, -0.15) is 18.2 Å². The minimum Gasteiger partial charge on any atom is -0.508 e. The van der Waals surface area contributed by atoms with Gasteiger partial charge in [-0.15, -0.1) is 0 Å². The van der Waals surface area contributed by atoms with Crippen molar-refractivity contribution in [3.05, 3.63) is 66.1 Å². The first-order valence-electron chi connectivity index (χ1n) is 8.70. The Kier molecular flexibility index (Phi) is 6.35. The normalized spacial score (nSPS) is 11.6. The summed E-state index contributed by atoms with van der Waals surface area (Å²) in [4.78, 5) is 15.1. The van der Waals surface area contributed by atoms with E-state index in [9.17, 15) is 23.1 Å². The maximum absolute atomic E-state index is 12.5. The highest BCUT2D eigenvalue weighted by atomic mass is 19.4. The van der Waals surface area contributed by atoms with E-state index in [0.717, 1.165) is 0 Å². The molecule has 0 fully saturated rings. The van der Waals surface area contributed by atoms with Crippen molar-refractivity contribution < 1.29 is 32.3 Å². The maximum atomic E-state index is 12.5. The topological polar surface area (TPSA) is 97.5 Å². The molecule has 0 aliphatic rings. The first-order valence-corrected chi connectivity index (χ1v) is 8.70. The zero-order valence-corrected chi connectivity index (χ0v) is 15.4. The zero-order valence-electron chi connectivity index (χ0n) is 15.4. The molecule has 3 rings (SSSR count). The Bertz CT molecular complexity index is 1030. The third-order valence-electron chi connectivity index (χ3n) is 3.75. The van der Waals surface area contributed by atoms with Crippen molar-refractivity contribution in [2.24, 2.45) is 0 Å². The van der Waals surface area contributed by atoms with Gasteiger partial charge in [0, 0.05) is 11.6 Å². The second kappa shape index (κ2) is 9.12. The van der Waals surface area contributed by atoms with Crippen molar-refractivity contribution >= 4 is 12.0 Å². The van der Waals surface area contributed by atoms with E-state index < -0.39 is 12.1 Å². The molecule has 0 radical (unpaired) electrons. The molecule has 2 aromatic carbocycles. The summed E-state index contributed by atoms with van der Waals surface area (Å²) in [5, 5.41) is 15.3. The molecular weight excluding hydrogens is 403 g/mol. The van der Waals surface area contributed by atoms with Gasteiger partial charge in [-0.3, -0.25) is 4.79 Å². The highest BCUT2D eigenvalue weighted by Crippen LogP contribution is 2.29. The highest BCUT2D eigenvalue weighted by Gasteiger charge is 2.38. The average molecular weight is 419 g/mol. The molecule has 0 atom stereocenters. The largest absolute Gasteiger partial charge is 0.508 e. The van der Waals surface area contributed by atoms with Gasteiger partial charge >= 0.3 is 12.1 Å². The standard InChI is InChI=1S/C20H16F3N3O4/c21-20(22,23)19-25-18(26-30-19)14-5-7-16(8-6-14)29-11-10-24-17(28)9-4-13-2-1-3-15(27)12-13/h1-9,12,27H,10-11H2,(H,24,28). The number of hydrogen-bond acceptors (Lipinski definition) is 6. The minimum atomic E-state index is -4.70. The Morgan fingerprint density at radius 1 is 1.20 bits per heavy atom. The first kappa shape index (κ1) is 20.9. The Morgan fingerprint density at radius 2 is 1.97 bits per heavy atom. The van der Waals surface area contributed by atoms with Crippen molar-refractivity contribution in [3.63, 3.8) is 0 Å². The van der Waals surface area contributed by atoms with E-state index in [2.05, 4.69) is 20.0 Å². The van der Waals surface area contributed by atoms with Crippen LogP contribution < -0.4 is 10.1 Å². The third kappa shape index (κ3) is 5.84. The lowest BCUT2D eigenvalue weighted by Gasteiger charge is -2.07. The number of aromatic nitrogens is 2. The number of phenolic OH excluding ortho intramolecular Hbond substituents is 1. The summed E-state index contributed by atoms with van der Waals surface area (Å²) in [7, 11) is 0. The number of aromatic hydroxyl groups is 1. The Morgan fingerprint density at radius 3 is 2.63 bits per heavy atom. The number of alkyl halides is 3. The summed E-state index contributed by atoms with van der Waals surface area (Å²) < 4.78 is 47.2. The van der Waals surface area contributed by atoms with E-state index in [-0.39, 0.29) is 30.6 Å². The van der Waals surface area contributed by atoms with Crippen LogP contribution in [0.4, 0.5) is 13.2 Å². The second-order valence-electron chi connectivity index (χ2n) is 6.01. The van der Waals surface area contributed by atoms with E-state index in [1.54, 1.807) is 30.3 Å². The van der Waals surface area contributed by atoms with Crippen LogP contribution in [0.25, 0.3) is 17.5 Å². The van der Waals surface area contributed by atoms with Crippen LogP contribution in [0, 0.1) is 0 Å². The average Bonchev–Trinajstić information content (AvgIpc) is 3.21. The molecule has 0 saturated heterocycles. The molecule has 0 unspecified atom stereocenters. The molecule has 0 saturated carbocycles. The lowest BCUT2D eigenvalue weighted by atomic mass is 10.2. The molecule has 30 heavy (non-hydrogen) atoms. The third-order valence-corrected chi connectivity index (χ3v) is 3.75. The number of rotatable bonds is 7. The number of nitrogens with zero attached hydrogens (tertiary/aromatic N) is 2. The number of hydrogen-bond donors (Lipinski definition) is 2. The van der Waals surface area contributed by atoms with Gasteiger partial charge in [-0.1, -0.05) is 17.3 Å². The van der Waals surface area contributed by atoms with Gasteiger partial charge < -0.3 is 19.7 Å². The quantitative estimate of drug-likeness (QED) is 0.448. The van der Waals surface area contributed by atoms with Gasteiger partial charge in [0.25, 0.3) is 0 Å². The van der Waals surface area contributed by atoms with Crippen molar-refractivity contribution in [3.8, 4) is 22.9 Å². The SMILES string of the molecule is O=C(C=Cc1cccc(O)c1)NCCOc1ccc(-c2noc(C(F)(F)F)n2)cc1. The molecular formula is C20H16F3N3O4. The summed E-state index contributed by atoms with van der Waals surface area (Å²) in [5.74, 6) is -1.35. The zero-order chi connectivity index (χ0) is 21.6. The monoisotopic (exact) mass is 419 g/mol.